The lowest BCUT2D eigenvalue weighted by Gasteiger charge is -2.18. The van der Waals surface area contributed by atoms with Crippen molar-refractivity contribution in [2.75, 3.05) is 18.5 Å². The predicted octanol–water partition coefficient (Wildman–Crippen LogP) is 3.45. The SMILES string of the molecule is CC(C)Oc1ccc(NCCCCO)cc1OC(C)C. The molecule has 2 N–H and O–H groups in total. The summed E-state index contributed by atoms with van der Waals surface area (Å²) in [5, 5.41) is 12.1. The first kappa shape index (κ1) is 16.6. The minimum Gasteiger partial charge on any atom is -0.487 e. The van der Waals surface area contributed by atoms with Crippen LogP contribution in [0.3, 0.4) is 0 Å². The van der Waals surface area contributed by atoms with Crippen LogP contribution in [0.5, 0.6) is 11.5 Å². The van der Waals surface area contributed by atoms with E-state index >= 15 is 0 Å². The summed E-state index contributed by atoms with van der Waals surface area (Å²) in [6.07, 6.45) is 1.99. The van der Waals surface area contributed by atoms with Crippen molar-refractivity contribution < 1.29 is 14.6 Å². The second kappa shape index (κ2) is 8.69. The second-order valence-electron chi connectivity index (χ2n) is 5.35. The topological polar surface area (TPSA) is 50.7 Å². The van der Waals surface area contributed by atoms with Crippen LogP contribution in [-0.2, 0) is 0 Å². The van der Waals surface area contributed by atoms with Gasteiger partial charge in [-0.2, -0.15) is 0 Å². The fraction of sp³-hybridized carbons (Fsp3) is 0.625. The molecule has 0 unspecified atom stereocenters. The Morgan fingerprint density at radius 1 is 1.00 bits per heavy atom. The highest BCUT2D eigenvalue weighted by Gasteiger charge is 2.10. The van der Waals surface area contributed by atoms with Crippen LogP contribution in [0, 0.1) is 0 Å². The van der Waals surface area contributed by atoms with Crippen molar-refractivity contribution in [3.63, 3.8) is 0 Å². The molecule has 0 aromatic heterocycles. The van der Waals surface area contributed by atoms with Gasteiger partial charge in [0.15, 0.2) is 11.5 Å². The number of unbranched alkanes of at least 4 members (excludes halogenated alkanes) is 1. The van der Waals surface area contributed by atoms with E-state index in [1.165, 1.54) is 0 Å². The normalized spacial score (nSPS) is 10.9. The lowest BCUT2D eigenvalue weighted by Crippen LogP contribution is -2.11. The first-order chi connectivity index (χ1) is 9.52. The van der Waals surface area contributed by atoms with Gasteiger partial charge in [-0.3, -0.25) is 0 Å². The highest BCUT2D eigenvalue weighted by atomic mass is 16.5. The summed E-state index contributed by atoms with van der Waals surface area (Å²) in [6.45, 7) is 9.08. The molecule has 4 nitrogen and oxygen atoms in total. The molecule has 0 aliphatic carbocycles. The van der Waals surface area contributed by atoms with Gasteiger partial charge in [-0.15, -0.1) is 0 Å². The van der Waals surface area contributed by atoms with Crippen molar-refractivity contribution in [1.82, 2.24) is 0 Å². The van der Waals surface area contributed by atoms with E-state index in [9.17, 15) is 0 Å². The van der Waals surface area contributed by atoms with Crippen molar-refractivity contribution in [3.05, 3.63) is 18.2 Å². The highest BCUT2D eigenvalue weighted by molar-refractivity contribution is 5.54. The first-order valence-corrected chi connectivity index (χ1v) is 7.35. The zero-order valence-corrected chi connectivity index (χ0v) is 13.0. The Hall–Kier alpha value is -1.42. The molecule has 0 aliphatic rings. The van der Waals surface area contributed by atoms with Crippen molar-refractivity contribution >= 4 is 5.69 Å². The van der Waals surface area contributed by atoms with Crippen LogP contribution in [-0.4, -0.2) is 30.5 Å². The molecule has 4 heteroatoms. The van der Waals surface area contributed by atoms with E-state index in [0.717, 1.165) is 36.6 Å². The third-order valence-corrected chi connectivity index (χ3v) is 2.58. The summed E-state index contributed by atoms with van der Waals surface area (Å²) in [5.74, 6) is 1.54. The molecule has 0 bridgehead atoms. The van der Waals surface area contributed by atoms with Crippen LogP contribution in [0.1, 0.15) is 40.5 Å². The fourth-order valence-electron chi connectivity index (χ4n) is 1.78. The Labute approximate surface area is 122 Å². The number of ether oxygens (including phenoxy) is 2. The number of hydrogen-bond donors (Lipinski definition) is 2. The summed E-state index contributed by atoms with van der Waals surface area (Å²) < 4.78 is 11.6. The molecular weight excluding hydrogens is 254 g/mol. The van der Waals surface area contributed by atoms with Gasteiger partial charge in [0.25, 0.3) is 0 Å². The zero-order chi connectivity index (χ0) is 15.0. The number of hydrogen-bond acceptors (Lipinski definition) is 4. The third kappa shape index (κ3) is 6.15. The van der Waals surface area contributed by atoms with Gasteiger partial charge in [-0.25, -0.2) is 0 Å². The van der Waals surface area contributed by atoms with Crippen molar-refractivity contribution in [3.8, 4) is 11.5 Å². The Balaban J connectivity index is 2.73. The van der Waals surface area contributed by atoms with Crippen molar-refractivity contribution in [1.29, 1.82) is 0 Å². The number of benzene rings is 1. The summed E-state index contributed by atoms with van der Waals surface area (Å²) in [5.41, 5.74) is 1.01. The molecule has 0 spiro atoms. The maximum absolute atomic E-state index is 8.76. The molecule has 1 aromatic carbocycles. The largest absolute Gasteiger partial charge is 0.487 e. The lowest BCUT2D eigenvalue weighted by molar-refractivity contribution is 0.199. The van der Waals surface area contributed by atoms with Gasteiger partial charge in [0, 0.05) is 24.9 Å². The molecule has 0 fully saturated rings. The van der Waals surface area contributed by atoms with Gasteiger partial charge >= 0.3 is 0 Å². The Morgan fingerprint density at radius 3 is 2.25 bits per heavy atom. The van der Waals surface area contributed by atoms with Gasteiger partial charge in [0.05, 0.1) is 12.2 Å². The first-order valence-electron chi connectivity index (χ1n) is 7.35. The van der Waals surface area contributed by atoms with Gasteiger partial charge in [0.2, 0.25) is 0 Å². The zero-order valence-electron chi connectivity index (χ0n) is 13.0. The summed E-state index contributed by atoms with van der Waals surface area (Å²) >= 11 is 0. The molecule has 0 amide bonds. The molecule has 0 radical (unpaired) electrons. The van der Waals surface area contributed by atoms with Gasteiger partial charge in [0.1, 0.15) is 0 Å². The average molecular weight is 281 g/mol. The van der Waals surface area contributed by atoms with Crippen LogP contribution in [0.2, 0.25) is 0 Å². The van der Waals surface area contributed by atoms with E-state index in [1.807, 2.05) is 45.9 Å². The molecule has 0 aliphatic heterocycles. The molecule has 114 valence electrons. The van der Waals surface area contributed by atoms with E-state index in [4.69, 9.17) is 14.6 Å². The minimum absolute atomic E-state index is 0.106. The molecule has 1 aromatic rings. The smallest absolute Gasteiger partial charge is 0.163 e. The quantitative estimate of drug-likeness (QED) is 0.681. The van der Waals surface area contributed by atoms with Gasteiger partial charge in [-0.1, -0.05) is 0 Å². The highest BCUT2D eigenvalue weighted by Crippen LogP contribution is 2.32. The second-order valence-corrected chi connectivity index (χ2v) is 5.35. The summed E-state index contributed by atoms with van der Waals surface area (Å²) in [7, 11) is 0. The lowest BCUT2D eigenvalue weighted by atomic mass is 10.2. The maximum Gasteiger partial charge on any atom is 0.163 e. The predicted molar refractivity (Wildman–Crippen MR) is 82.8 cm³/mol. The number of aliphatic hydroxyl groups excluding tert-OH is 1. The Kier molecular flexibility index (Phi) is 7.23. The fourth-order valence-corrected chi connectivity index (χ4v) is 1.78. The number of rotatable bonds is 9. The summed E-state index contributed by atoms with van der Waals surface area (Å²) in [4.78, 5) is 0. The standard InChI is InChI=1S/C16H27NO3/c1-12(2)19-15-8-7-14(17-9-5-6-10-18)11-16(15)20-13(3)4/h7-8,11-13,17-18H,5-6,9-10H2,1-4H3. The molecule has 0 heterocycles. The van der Waals surface area contributed by atoms with E-state index in [2.05, 4.69) is 5.32 Å². The van der Waals surface area contributed by atoms with E-state index in [0.29, 0.717) is 0 Å². The van der Waals surface area contributed by atoms with Crippen LogP contribution < -0.4 is 14.8 Å². The van der Waals surface area contributed by atoms with E-state index in [-0.39, 0.29) is 18.8 Å². The van der Waals surface area contributed by atoms with Crippen molar-refractivity contribution in [2.45, 2.75) is 52.7 Å². The van der Waals surface area contributed by atoms with Crippen LogP contribution in [0.25, 0.3) is 0 Å². The van der Waals surface area contributed by atoms with E-state index < -0.39 is 0 Å². The van der Waals surface area contributed by atoms with Gasteiger partial charge in [-0.05, 0) is 52.7 Å². The van der Waals surface area contributed by atoms with Crippen molar-refractivity contribution in [2.24, 2.45) is 0 Å². The Bertz CT molecular complexity index is 391. The summed E-state index contributed by atoms with van der Waals surface area (Å²) in [6, 6.07) is 5.90. The monoisotopic (exact) mass is 281 g/mol. The Morgan fingerprint density at radius 2 is 1.65 bits per heavy atom. The van der Waals surface area contributed by atoms with Crippen LogP contribution in [0.4, 0.5) is 5.69 Å². The third-order valence-electron chi connectivity index (χ3n) is 2.58. The maximum atomic E-state index is 8.76. The van der Waals surface area contributed by atoms with Gasteiger partial charge < -0.3 is 19.9 Å². The number of nitrogens with one attached hydrogen (secondary N) is 1. The van der Waals surface area contributed by atoms with E-state index in [1.54, 1.807) is 0 Å². The molecule has 0 atom stereocenters. The molecule has 1 rings (SSSR count). The molecule has 0 saturated carbocycles. The number of aliphatic hydroxyl groups is 1. The molecule has 20 heavy (non-hydrogen) atoms. The average Bonchev–Trinajstić information content (AvgIpc) is 2.36. The van der Waals surface area contributed by atoms with Crippen LogP contribution in [0.15, 0.2) is 18.2 Å². The minimum atomic E-state index is 0.106. The molecule has 0 saturated heterocycles. The molecular formula is C16H27NO3. The number of anilines is 1. The van der Waals surface area contributed by atoms with Crippen LogP contribution >= 0.6 is 0 Å².